The summed E-state index contributed by atoms with van der Waals surface area (Å²) in [6, 6.07) is 30.5. The van der Waals surface area contributed by atoms with Crippen LogP contribution in [0, 0.1) is 5.82 Å². The molecule has 4 aromatic carbocycles. The molecule has 1 aliphatic heterocycles. The van der Waals surface area contributed by atoms with Gasteiger partial charge in [0.05, 0.1) is 13.2 Å². The van der Waals surface area contributed by atoms with E-state index in [0.29, 0.717) is 48.4 Å². The summed E-state index contributed by atoms with van der Waals surface area (Å²) in [7, 11) is 0. The van der Waals surface area contributed by atoms with Crippen molar-refractivity contribution in [2.24, 2.45) is 10.1 Å². The fourth-order valence-corrected chi connectivity index (χ4v) is 5.38. The fourth-order valence-electron chi connectivity index (χ4n) is 5.38. The zero-order valence-electron chi connectivity index (χ0n) is 26.3. The predicted octanol–water partition coefficient (Wildman–Crippen LogP) is 6.62. The van der Waals surface area contributed by atoms with Crippen molar-refractivity contribution in [1.29, 1.82) is 0 Å². The lowest BCUT2D eigenvalue weighted by molar-refractivity contribution is -0.129. The Morgan fingerprint density at radius 1 is 1.04 bits per heavy atom. The highest BCUT2D eigenvalue weighted by Gasteiger charge is 2.53. The number of rotatable bonds is 16. The van der Waals surface area contributed by atoms with Crippen LogP contribution < -0.4 is 15.6 Å². The molecule has 10 nitrogen and oxygen atoms in total. The number of carbonyl (C=O) groups is 1. The number of carbonyl (C=O) groups excluding carboxylic acids is 1. The number of aliphatic imine (C=N–C) groups is 1. The predicted molar refractivity (Wildman–Crippen MR) is 182 cm³/mol. The van der Waals surface area contributed by atoms with Gasteiger partial charge in [0.25, 0.3) is 5.91 Å². The van der Waals surface area contributed by atoms with E-state index in [1.165, 1.54) is 12.1 Å². The number of nitrogens with zero attached hydrogens (tertiary/aromatic N) is 4. The van der Waals surface area contributed by atoms with Crippen molar-refractivity contribution < 1.29 is 23.8 Å². The quantitative estimate of drug-likeness (QED) is 0.0412. The second-order valence-electron chi connectivity index (χ2n) is 11.2. The van der Waals surface area contributed by atoms with E-state index in [1.54, 1.807) is 24.3 Å². The van der Waals surface area contributed by atoms with Gasteiger partial charge in [0, 0.05) is 36.5 Å². The molecular formula is C37H37FN6O4. The van der Waals surface area contributed by atoms with E-state index in [2.05, 4.69) is 20.9 Å². The first-order valence-corrected chi connectivity index (χ1v) is 15.7. The minimum absolute atomic E-state index is 0.0369. The number of hydrazine groups is 1. The lowest BCUT2D eigenvalue weighted by Crippen LogP contribution is -2.53. The summed E-state index contributed by atoms with van der Waals surface area (Å²) in [4.78, 5) is 22.3. The number of aliphatic hydroxyl groups is 1. The van der Waals surface area contributed by atoms with Gasteiger partial charge in [-0.25, -0.2) is 14.8 Å². The Bertz CT molecular complexity index is 1760. The first-order chi connectivity index (χ1) is 23.5. The largest absolute Gasteiger partial charge is 0.494 e. The van der Waals surface area contributed by atoms with Crippen LogP contribution >= 0.6 is 0 Å². The van der Waals surface area contributed by atoms with Crippen molar-refractivity contribution in [2.45, 2.75) is 37.5 Å². The summed E-state index contributed by atoms with van der Waals surface area (Å²) in [6.45, 7) is 0.869. The van der Waals surface area contributed by atoms with E-state index < -0.39 is 17.6 Å². The van der Waals surface area contributed by atoms with Gasteiger partial charge in [0.15, 0.2) is 11.6 Å². The Balaban J connectivity index is 1.50. The summed E-state index contributed by atoms with van der Waals surface area (Å²) in [5, 5.41) is 12.9. The van der Waals surface area contributed by atoms with Crippen molar-refractivity contribution in [2.75, 3.05) is 19.8 Å². The topological polar surface area (TPSA) is 141 Å². The molecule has 5 rings (SSSR count). The molecule has 1 aliphatic rings. The number of benzene rings is 4. The molecule has 0 bridgehead atoms. The standard InChI is InChI=1S/C37H37FN6O4/c38-31-17-13-28(14-18-31)21-23-40-43-36(46)37(22-6-10-27-8-2-1-3-9-27)34(33-12-5-4-11-30(33)26-41-44-39)48-35(42-37)29-15-19-32(20-16-29)47-25-7-24-45/h1-6,8-20,34,40,45H,7,21-26H2,(H,43,46)/b10-6+/t34-,37-/m0/s1. The van der Waals surface area contributed by atoms with Crippen molar-refractivity contribution in [3.05, 3.63) is 153 Å². The van der Waals surface area contributed by atoms with Gasteiger partial charge in [-0.3, -0.25) is 10.2 Å². The van der Waals surface area contributed by atoms with Gasteiger partial charge >= 0.3 is 0 Å². The molecular weight excluding hydrogens is 611 g/mol. The highest BCUT2D eigenvalue weighted by atomic mass is 19.1. The first kappa shape index (κ1) is 33.9. The molecule has 0 radical (unpaired) electrons. The molecule has 0 unspecified atom stereocenters. The zero-order chi connectivity index (χ0) is 33.6. The maximum absolute atomic E-state index is 14.4. The number of amides is 1. The van der Waals surface area contributed by atoms with Crippen LogP contribution in [0.25, 0.3) is 16.5 Å². The Morgan fingerprint density at radius 2 is 1.79 bits per heavy atom. The maximum atomic E-state index is 14.4. The van der Waals surface area contributed by atoms with E-state index in [4.69, 9.17) is 25.1 Å². The molecule has 3 N–H and O–H groups in total. The minimum Gasteiger partial charge on any atom is -0.494 e. The molecule has 4 aromatic rings. The second kappa shape index (κ2) is 16.9. The van der Waals surface area contributed by atoms with E-state index in [-0.39, 0.29) is 31.3 Å². The molecule has 0 saturated carbocycles. The lowest BCUT2D eigenvalue weighted by atomic mass is 9.82. The van der Waals surface area contributed by atoms with Crippen molar-refractivity contribution >= 4 is 17.9 Å². The fraction of sp³-hybridized carbons (Fsp3) is 0.243. The van der Waals surface area contributed by atoms with E-state index >= 15 is 0 Å². The van der Waals surface area contributed by atoms with Crippen LogP contribution in [0.5, 0.6) is 5.75 Å². The van der Waals surface area contributed by atoms with Crippen LogP contribution in [-0.2, 0) is 22.5 Å². The average Bonchev–Trinajstić information content (AvgIpc) is 3.51. The SMILES string of the molecule is [N-]=[N+]=NCc1ccccc1[C@@H]1OC(c2ccc(OCCCO)cc2)=N[C@]1(C/C=C/c1ccccc1)C(=O)NNCCc1ccc(F)cc1. The minimum atomic E-state index is -1.47. The number of nitrogens with one attached hydrogen (secondary N) is 2. The van der Waals surface area contributed by atoms with Crippen LogP contribution in [0.1, 0.15) is 46.8 Å². The summed E-state index contributed by atoms with van der Waals surface area (Å²) < 4.78 is 25.7. The number of halogens is 1. The molecule has 246 valence electrons. The van der Waals surface area contributed by atoms with Crippen molar-refractivity contribution in [3.63, 3.8) is 0 Å². The zero-order valence-corrected chi connectivity index (χ0v) is 26.3. The van der Waals surface area contributed by atoms with Crippen molar-refractivity contribution in [1.82, 2.24) is 10.9 Å². The third-order valence-corrected chi connectivity index (χ3v) is 7.86. The molecule has 0 spiro atoms. The number of hydrogen-bond acceptors (Lipinski definition) is 7. The van der Waals surface area contributed by atoms with E-state index in [1.807, 2.05) is 78.9 Å². The van der Waals surface area contributed by atoms with Crippen LogP contribution in [0.3, 0.4) is 0 Å². The Labute approximate surface area is 278 Å². The average molecular weight is 649 g/mol. The molecule has 48 heavy (non-hydrogen) atoms. The van der Waals surface area contributed by atoms with Crippen LogP contribution in [0.4, 0.5) is 4.39 Å². The van der Waals surface area contributed by atoms with Gasteiger partial charge in [-0.15, -0.1) is 0 Å². The molecule has 0 saturated heterocycles. The van der Waals surface area contributed by atoms with Crippen LogP contribution in [-0.4, -0.2) is 42.2 Å². The Hall–Kier alpha value is -5.48. The Morgan fingerprint density at radius 3 is 2.54 bits per heavy atom. The highest BCUT2D eigenvalue weighted by Crippen LogP contribution is 2.44. The Kier molecular flexibility index (Phi) is 11.9. The molecule has 0 aromatic heterocycles. The molecule has 1 heterocycles. The molecule has 0 fully saturated rings. The van der Waals surface area contributed by atoms with Gasteiger partial charge in [-0.2, -0.15) is 0 Å². The van der Waals surface area contributed by atoms with Gasteiger partial charge in [0.2, 0.25) is 5.90 Å². The smallest absolute Gasteiger partial charge is 0.266 e. The second-order valence-corrected chi connectivity index (χ2v) is 11.2. The third kappa shape index (κ3) is 8.65. The van der Waals surface area contributed by atoms with Crippen molar-refractivity contribution in [3.8, 4) is 5.75 Å². The lowest BCUT2D eigenvalue weighted by Gasteiger charge is -2.31. The number of ether oxygens (including phenoxy) is 2. The molecule has 0 aliphatic carbocycles. The monoisotopic (exact) mass is 648 g/mol. The molecule has 1 amide bonds. The third-order valence-electron chi connectivity index (χ3n) is 7.86. The highest BCUT2D eigenvalue weighted by molar-refractivity contribution is 6.01. The van der Waals surface area contributed by atoms with Crippen LogP contribution in [0.15, 0.2) is 119 Å². The summed E-state index contributed by atoms with van der Waals surface area (Å²) in [6.07, 6.45) is 4.21. The molecule has 11 heteroatoms. The normalized spacial score (nSPS) is 17.0. The number of aliphatic hydroxyl groups excluding tert-OH is 1. The summed E-state index contributed by atoms with van der Waals surface area (Å²) >= 11 is 0. The van der Waals surface area contributed by atoms with E-state index in [0.717, 1.165) is 11.1 Å². The summed E-state index contributed by atoms with van der Waals surface area (Å²) in [5.74, 6) is 0.176. The van der Waals surface area contributed by atoms with Gasteiger partial charge in [0.1, 0.15) is 11.6 Å². The number of hydrogen-bond donors (Lipinski definition) is 3. The van der Waals surface area contributed by atoms with Gasteiger partial charge < -0.3 is 14.6 Å². The van der Waals surface area contributed by atoms with Crippen LogP contribution in [0.2, 0.25) is 0 Å². The van der Waals surface area contributed by atoms with E-state index in [9.17, 15) is 9.18 Å². The van der Waals surface area contributed by atoms with Gasteiger partial charge in [-0.05, 0) is 70.6 Å². The first-order valence-electron chi connectivity index (χ1n) is 15.7. The number of azide groups is 1. The summed E-state index contributed by atoms with van der Waals surface area (Å²) in [5.41, 5.74) is 17.4. The molecule has 2 atom stereocenters. The maximum Gasteiger partial charge on any atom is 0.266 e. The van der Waals surface area contributed by atoms with Gasteiger partial charge in [-0.1, -0.05) is 84.0 Å².